The van der Waals surface area contributed by atoms with Crippen molar-refractivity contribution in [3.05, 3.63) is 33.9 Å². The minimum Gasteiger partial charge on any atom is -0.506 e. The molecule has 0 bridgehead atoms. The van der Waals surface area contributed by atoms with Crippen LogP contribution >= 0.6 is 22.9 Å². The number of rotatable bonds is 3. The van der Waals surface area contributed by atoms with Crippen LogP contribution < -0.4 is 4.72 Å². The van der Waals surface area contributed by atoms with Crippen LogP contribution in [0.5, 0.6) is 5.75 Å². The largest absolute Gasteiger partial charge is 0.506 e. The molecule has 1 heterocycles. The molecule has 2 aromatic rings. The molecule has 1 aromatic heterocycles. The van der Waals surface area contributed by atoms with Gasteiger partial charge in [0.05, 0.1) is 10.5 Å². The molecular weight excluding hydrogens is 303 g/mol. The van der Waals surface area contributed by atoms with Crippen LogP contribution in [-0.4, -0.2) is 18.5 Å². The summed E-state index contributed by atoms with van der Waals surface area (Å²) in [4.78, 5) is 3.07. The Morgan fingerprint density at radius 3 is 2.78 bits per heavy atom. The van der Waals surface area contributed by atoms with Gasteiger partial charge in [-0.1, -0.05) is 11.6 Å². The van der Waals surface area contributed by atoms with E-state index in [-0.39, 0.29) is 10.8 Å². The zero-order valence-corrected chi connectivity index (χ0v) is 11.0. The van der Waals surface area contributed by atoms with Crippen LogP contribution in [0, 0.1) is 5.82 Å². The first-order valence-corrected chi connectivity index (χ1v) is 7.29. The molecule has 0 aliphatic heterocycles. The quantitative estimate of drug-likeness (QED) is 0.912. The number of phenolic OH excluding ortho intramolecular Hbond substituents is 1. The second-order valence-electron chi connectivity index (χ2n) is 3.21. The van der Waals surface area contributed by atoms with Crippen LogP contribution in [0.4, 0.5) is 10.2 Å². The van der Waals surface area contributed by atoms with Gasteiger partial charge in [0.1, 0.15) is 16.5 Å². The summed E-state index contributed by atoms with van der Waals surface area (Å²) in [6, 6.07) is 1.47. The Bertz CT molecular complexity index is 673. The van der Waals surface area contributed by atoms with Crippen molar-refractivity contribution in [1.82, 2.24) is 4.98 Å². The zero-order chi connectivity index (χ0) is 13.3. The Kier molecular flexibility index (Phi) is 3.42. The van der Waals surface area contributed by atoms with Gasteiger partial charge in [-0.2, -0.15) is 0 Å². The Labute approximate surface area is 111 Å². The van der Waals surface area contributed by atoms with E-state index < -0.39 is 26.5 Å². The number of sulfonamides is 1. The van der Waals surface area contributed by atoms with Gasteiger partial charge in [-0.15, -0.1) is 11.3 Å². The lowest BCUT2D eigenvalue weighted by molar-refractivity contribution is 0.466. The predicted octanol–water partition coefficient (Wildman–Crippen LogP) is 2.44. The molecular formula is C9H6ClFN2O3S2. The van der Waals surface area contributed by atoms with Crippen molar-refractivity contribution in [3.8, 4) is 5.75 Å². The van der Waals surface area contributed by atoms with Crippen LogP contribution in [0.2, 0.25) is 5.02 Å². The molecule has 18 heavy (non-hydrogen) atoms. The van der Waals surface area contributed by atoms with Crippen molar-refractivity contribution in [1.29, 1.82) is 0 Å². The Morgan fingerprint density at radius 1 is 1.44 bits per heavy atom. The summed E-state index contributed by atoms with van der Waals surface area (Å²) in [7, 11) is -4.13. The van der Waals surface area contributed by atoms with Gasteiger partial charge >= 0.3 is 0 Å². The van der Waals surface area contributed by atoms with Crippen LogP contribution in [0.15, 0.2) is 27.9 Å². The number of benzene rings is 1. The molecule has 2 N–H and O–H groups in total. The van der Waals surface area contributed by atoms with E-state index in [9.17, 15) is 12.8 Å². The van der Waals surface area contributed by atoms with Gasteiger partial charge in [0.15, 0.2) is 5.82 Å². The fourth-order valence-electron chi connectivity index (χ4n) is 1.18. The monoisotopic (exact) mass is 308 g/mol. The van der Waals surface area contributed by atoms with Gasteiger partial charge < -0.3 is 5.11 Å². The van der Waals surface area contributed by atoms with E-state index in [1.807, 2.05) is 0 Å². The second-order valence-corrected chi connectivity index (χ2v) is 5.99. The summed E-state index contributed by atoms with van der Waals surface area (Å²) in [5, 5.41) is 10.4. The minimum atomic E-state index is -4.13. The minimum absolute atomic E-state index is 0.0867. The maximum atomic E-state index is 13.5. The standard InChI is InChI=1S/C9H6ClFN2O3S2/c10-5-1-8(6(11)2-7(5)14)18(15,16)13-9-3-17-4-12-9/h1-4,13-14H. The van der Waals surface area contributed by atoms with Crippen molar-refractivity contribution in [2.45, 2.75) is 4.90 Å². The van der Waals surface area contributed by atoms with Crippen LogP contribution in [0.1, 0.15) is 0 Å². The first-order valence-electron chi connectivity index (χ1n) is 4.49. The molecule has 96 valence electrons. The highest BCUT2D eigenvalue weighted by Crippen LogP contribution is 2.29. The Hall–Kier alpha value is -1.38. The van der Waals surface area contributed by atoms with Gasteiger partial charge in [0.2, 0.25) is 0 Å². The number of aromatic nitrogens is 1. The number of aromatic hydroxyl groups is 1. The van der Waals surface area contributed by atoms with Crippen molar-refractivity contribution >= 4 is 38.8 Å². The second kappa shape index (κ2) is 4.71. The number of hydrogen-bond donors (Lipinski definition) is 2. The molecule has 0 aliphatic rings. The average Bonchev–Trinajstić information content (AvgIpc) is 2.75. The first-order chi connectivity index (χ1) is 8.40. The number of nitrogens with zero attached hydrogens (tertiary/aromatic N) is 1. The maximum Gasteiger partial charge on any atom is 0.266 e. The third-order valence-corrected chi connectivity index (χ3v) is 4.22. The van der Waals surface area contributed by atoms with E-state index in [0.29, 0.717) is 6.07 Å². The molecule has 9 heteroatoms. The van der Waals surface area contributed by atoms with E-state index in [2.05, 4.69) is 9.71 Å². The summed E-state index contributed by atoms with van der Waals surface area (Å²) < 4.78 is 39.3. The number of thiazole rings is 1. The molecule has 0 saturated carbocycles. The topological polar surface area (TPSA) is 79.3 Å². The summed E-state index contributed by atoms with van der Waals surface area (Å²) in [5.41, 5.74) is 1.43. The highest BCUT2D eigenvalue weighted by Gasteiger charge is 2.22. The van der Waals surface area contributed by atoms with Gasteiger partial charge in [0, 0.05) is 11.4 Å². The average molecular weight is 309 g/mol. The van der Waals surface area contributed by atoms with Gasteiger partial charge in [-0.3, -0.25) is 4.72 Å². The summed E-state index contributed by atoms with van der Waals surface area (Å²) in [5.74, 6) is -1.54. The normalized spacial score (nSPS) is 11.4. The van der Waals surface area contributed by atoms with Crippen LogP contribution in [0.25, 0.3) is 0 Å². The predicted molar refractivity (Wildman–Crippen MR) is 66.0 cm³/mol. The third kappa shape index (κ3) is 2.55. The Morgan fingerprint density at radius 2 is 2.17 bits per heavy atom. The van der Waals surface area contributed by atoms with Gasteiger partial charge in [0.25, 0.3) is 10.0 Å². The van der Waals surface area contributed by atoms with E-state index in [1.54, 1.807) is 0 Å². The highest BCUT2D eigenvalue weighted by molar-refractivity contribution is 7.92. The molecule has 0 amide bonds. The molecule has 0 atom stereocenters. The Balaban J connectivity index is 2.44. The lowest BCUT2D eigenvalue weighted by Gasteiger charge is -2.07. The number of nitrogens with one attached hydrogen (secondary N) is 1. The SMILES string of the molecule is O=S(=O)(Nc1cscn1)c1cc(Cl)c(O)cc1F. The lowest BCUT2D eigenvalue weighted by atomic mass is 10.3. The van der Waals surface area contributed by atoms with E-state index >= 15 is 0 Å². The molecule has 0 spiro atoms. The summed E-state index contributed by atoms with van der Waals surface area (Å²) >= 11 is 6.74. The van der Waals surface area contributed by atoms with Crippen LogP contribution in [0.3, 0.4) is 0 Å². The lowest BCUT2D eigenvalue weighted by Crippen LogP contribution is -2.14. The third-order valence-electron chi connectivity index (χ3n) is 1.96. The molecule has 0 fully saturated rings. The molecule has 2 rings (SSSR count). The maximum absolute atomic E-state index is 13.5. The zero-order valence-electron chi connectivity index (χ0n) is 8.59. The molecule has 0 saturated heterocycles. The number of anilines is 1. The smallest absolute Gasteiger partial charge is 0.266 e. The first kappa shape index (κ1) is 13.1. The number of phenols is 1. The molecule has 5 nitrogen and oxygen atoms in total. The number of halogens is 2. The van der Waals surface area contributed by atoms with Gasteiger partial charge in [-0.05, 0) is 6.07 Å². The van der Waals surface area contributed by atoms with Gasteiger partial charge in [-0.25, -0.2) is 17.8 Å². The van der Waals surface area contributed by atoms with E-state index in [4.69, 9.17) is 16.7 Å². The number of hydrogen-bond acceptors (Lipinski definition) is 5. The molecule has 0 unspecified atom stereocenters. The molecule has 1 aromatic carbocycles. The van der Waals surface area contributed by atoms with E-state index in [0.717, 1.165) is 6.07 Å². The van der Waals surface area contributed by atoms with E-state index in [1.165, 1.54) is 22.2 Å². The van der Waals surface area contributed by atoms with Crippen LogP contribution in [-0.2, 0) is 10.0 Å². The van der Waals surface area contributed by atoms with Crippen molar-refractivity contribution < 1.29 is 17.9 Å². The summed E-state index contributed by atoms with van der Waals surface area (Å²) in [6.45, 7) is 0. The fourth-order valence-corrected chi connectivity index (χ4v) is 3.05. The molecule has 0 aliphatic carbocycles. The fraction of sp³-hybridized carbons (Fsp3) is 0. The van der Waals surface area contributed by atoms with Crippen molar-refractivity contribution in [3.63, 3.8) is 0 Å². The summed E-state index contributed by atoms with van der Waals surface area (Å²) in [6.07, 6.45) is 0. The molecule has 0 radical (unpaired) electrons. The van der Waals surface area contributed by atoms with Crippen molar-refractivity contribution in [2.24, 2.45) is 0 Å². The van der Waals surface area contributed by atoms with Crippen molar-refractivity contribution in [2.75, 3.05) is 4.72 Å². The highest BCUT2D eigenvalue weighted by atomic mass is 35.5.